The van der Waals surface area contributed by atoms with E-state index in [1.54, 1.807) is 0 Å². The smallest absolute Gasteiger partial charge is 0.408 e. The van der Waals surface area contributed by atoms with Gasteiger partial charge < -0.3 is 14.8 Å². The van der Waals surface area contributed by atoms with E-state index >= 15 is 0 Å². The molecule has 3 aliphatic rings. The molecule has 3 rings (SSSR count). The zero-order valence-electron chi connectivity index (χ0n) is 13.6. The van der Waals surface area contributed by atoms with Gasteiger partial charge in [0.05, 0.1) is 13.5 Å². The minimum atomic E-state index is -0.474. The summed E-state index contributed by atoms with van der Waals surface area (Å²) in [5, 5.41) is 3.08. The number of amides is 1. The lowest BCUT2D eigenvalue weighted by molar-refractivity contribution is -0.146. The molecule has 0 aliphatic heterocycles. The molecule has 0 saturated heterocycles. The van der Waals surface area contributed by atoms with E-state index in [4.69, 9.17) is 9.47 Å². The Hall–Kier alpha value is -1.26. The van der Waals surface area contributed by atoms with Crippen molar-refractivity contribution in [1.82, 2.24) is 5.32 Å². The van der Waals surface area contributed by atoms with Crippen molar-refractivity contribution >= 4 is 12.1 Å². The number of ether oxygens (including phenoxy) is 2. The molecule has 0 aromatic carbocycles. The van der Waals surface area contributed by atoms with Crippen molar-refractivity contribution in [3.05, 3.63) is 0 Å². The highest BCUT2D eigenvalue weighted by atomic mass is 16.6. The number of hydrogen-bond acceptors (Lipinski definition) is 4. The summed E-state index contributed by atoms with van der Waals surface area (Å²) in [5.41, 5.74) is -0.524. The first-order valence-corrected chi connectivity index (χ1v) is 7.76. The van der Waals surface area contributed by atoms with Crippen LogP contribution in [0.5, 0.6) is 0 Å². The summed E-state index contributed by atoms with van der Waals surface area (Å²) in [6.45, 7) is 5.61. The minimum absolute atomic E-state index is 0.0878. The quantitative estimate of drug-likeness (QED) is 0.813. The molecule has 5 nitrogen and oxygen atoms in total. The largest absolute Gasteiger partial charge is 0.469 e. The van der Waals surface area contributed by atoms with Gasteiger partial charge in [-0.25, -0.2) is 4.79 Å². The van der Waals surface area contributed by atoms with Crippen molar-refractivity contribution in [1.29, 1.82) is 0 Å². The van der Waals surface area contributed by atoms with Crippen LogP contribution in [0.15, 0.2) is 0 Å². The highest BCUT2D eigenvalue weighted by Crippen LogP contribution is 2.54. The number of rotatable bonds is 3. The van der Waals surface area contributed by atoms with E-state index < -0.39 is 5.60 Å². The Morgan fingerprint density at radius 3 is 2.00 bits per heavy atom. The van der Waals surface area contributed by atoms with Gasteiger partial charge in [-0.3, -0.25) is 4.79 Å². The Bertz CT molecular complexity index is 400. The highest BCUT2D eigenvalue weighted by Gasteiger charge is 2.50. The van der Waals surface area contributed by atoms with Gasteiger partial charge in [0.1, 0.15) is 5.60 Å². The van der Waals surface area contributed by atoms with Crippen LogP contribution in [0.4, 0.5) is 4.79 Å². The molecule has 0 heterocycles. The van der Waals surface area contributed by atoms with Gasteiger partial charge in [0.15, 0.2) is 0 Å². The number of carbonyl (C=O) groups is 2. The van der Waals surface area contributed by atoms with Crippen molar-refractivity contribution in [2.75, 3.05) is 7.11 Å². The Labute approximate surface area is 126 Å². The second-order valence-corrected chi connectivity index (χ2v) is 7.66. The molecule has 120 valence electrons. The summed E-state index contributed by atoms with van der Waals surface area (Å²) < 4.78 is 10.2. The lowest BCUT2D eigenvalue weighted by Gasteiger charge is -2.53. The predicted octanol–water partition coefficient (Wildman–Crippen LogP) is 3.17. The van der Waals surface area contributed by atoms with Crippen LogP contribution in [-0.2, 0) is 14.3 Å². The Kier molecular flexibility index (Phi) is 4.22. The molecule has 0 atom stereocenters. The average Bonchev–Trinajstić information content (AvgIpc) is 2.38. The van der Waals surface area contributed by atoms with Gasteiger partial charge in [-0.05, 0) is 64.7 Å². The number of alkyl carbamates (subject to hydrolysis) is 1. The molecule has 1 N–H and O–H groups in total. The summed E-state index contributed by atoms with van der Waals surface area (Å²) >= 11 is 0. The first kappa shape index (κ1) is 16.1. The van der Waals surface area contributed by atoms with Crippen LogP contribution < -0.4 is 5.32 Å². The van der Waals surface area contributed by atoms with Crippen LogP contribution in [0.1, 0.15) is 65.7 Å². The van der Waals surface area contributed by atoms with Gasteiger partial charge in [-0.1, -0.05) is 0 Å². The van der Waals surface area contributed by atoms with Crippen molar-refractivity contribution in [3.63, 3.8) is 0 Å². The molecular weight excluding hydrogens is 270 g/mol. The summed E-state index contributed by atoms with van der Waals surface area (Å²) in [4.78, 5) is 23.6. The standard InChI is InChI=1S/C16H27NO4/c1-14(2,3)21-13(19)17-16-8-5-15(6-9-16,7-10-16)11-12(18)20-4/h5-11H2,1-4H3,(H,17,19). The first-order chi connectivity index (χ1) is 9.68. The third-order valence-corrected chi connectivity index (χ3v) is 4.91. The molecule has 5 heteroatoms. The maximum absolute atomic E-state index is 12.0. The fraction of sp³-hybridized carbons (Fsp3) is 0.875. The third-order valence-electron chi connectivity index (χ3n) is 4.91. The van der Waals surface area contributed by atoms with Crippen LogP contribution in [0.2, 0.25) is 0 Å². The molecule has 1 amide bonds. The molecule has 0 spiro atoms. The lowest BCUT2D eigenvalue weighted by atomic mass is 9.56. The van der Waals surface area contributed by atoms with Crippen LogP contribution in [-0.4, -0.2) is 30.3 Å². The molecule has 0 radical (unpaired) electrons. The zero-order valence-corrected chi connectivity index (χ0v) is 13.6. The van der Waals surface area contributed by atoms with Crippen molar-refractivity contribution in [2.45, 2.75) is 76.9 Å². The zero-order chi connectivity index (χ0) is 15.7. The van der Waals surface area contributed by atoms with Crippen LogP contribution in [0.25, 0.3) is 0 Å². The molecule has 3 aliphatic carbocycles. The molecule has 21 heavy (non-hydrogen) atoms. The summed E-state index contributed by atoms with van der Waals surface area (Å²) in [6.07, 6.45) is 5.85. The number of carbonyl (C=O) groups excluding carboxylic acids is 2. The van der Waals surface area contributed by atoms with Gasteiger partial charge in [0.25, 0.3) is 0 Å². The van der Waals surface area contributed by atoms with Gasteiger partial charge in [0, 0.05) is 5.54 Å². The second-order valence-electron chi connectivity index (χ2n) is 7.66. The van der Waals surface area contributed by atoms with Gasteiger partial charge in [-0.2, -0.15) is 0 Å². The molecule has 3 saturated carbocycles. The molecule has 3 fully saturated rings. The van der Waals surface area contributed by atoms with Crippen LogP contribution in [0.3, 0.4) is 0 Å². The normalized spacial score (nSPS) is 31.6. The number of methoxy groups -OCH3 is 1. The fourth-order valence-electron chi connectivity index (χ4n) is 3.61. The van der Waals surface area contributed by atoms with E-state index in [9.17, 15) is 9.59 Å². The van der Waals surface area contributed by atoms with E-state index in [2.05, 4.69) is 5.32 Å². The average molecular weight is 297 g/mol. The monoisotopic (exact) mass is 297 g/mol. The number of fused-ring (bicyclic) bond motifs is 3. The van der Waals surface area contributed by atoms with E-state index in [1.807, 2.05) is 20.8 Å². The molecule has 0 unspecified atom stereocenters. The Balaban J connectivity index is 1.92. The van der Waals surface area contributed by atoms with Crippen molar-refractivity contribution in [2.24, 2.45) is 5.41 Å². The highest BCUT2D eigenvalue weighted by molar-refractivity contribution is 5.70. The van der Waals surface area contributed by atoms with E-state index in [-0.39, 0.29) is 23.0 Å². The lowest BCUT2D eigenvalue weighted by Crippen LogP contribution is -2.57. The maximum Gasteiger partial charge on any atom is 0.408 e. The SMILES string of the molecule is COC(=O)CC12CCC(NC(=O)OC(C)(C)C)(CC1)CC2. The topological polar surface area (TPSA) is 64.6 Å². The third kappa shape index (κ3) is 3.89. The molecule has 0 aromatic heterocycles. The summed E-state index contributed by atoms with van der Waals surface area (Å²) in [7, 11) is 1.44. The van der Waals surface area contributed by atoms with Gasteiger partial charge in [0.2, 0.25) is 0 Å². The Morgan fingerprint density at radius 1 is 1.05 bits per heavy atom. The van der Waals surface area contributed by atoms with E-state index in [1.165, 1.54) is 7.11 Å². The summed E-state index contributed by atoms with van der Waals surface area (Å²) in [6, 6.07) is 0. The number of nitrogens with one attached hydrogen (secondary N) is 1. The van der Waals surface area contributed by atoms with Gasteiger partial charge in [-0.15, -0.1) is 0 Å². The molecule has 2 bridgehead atoms. The minimum Gasteiger partial charge on any atom is -0.469 e. The van der Waals surface area contributed by atoms with E-state index in [0.717, 1.165) is 38.5 Å². The molecule has 0 aromatic rings. The maximum atomic E-state index is 12.0. The van der Waals surface area contributed by atoms with E-state index in [0.29, 0.717) is 6.42 Å². The van der Waals surface area contributed by atoms with Crippen LogP contribution >= 0.6 is 0 Å². The second kappa shape index (κ2) is 5.50. The van der Waals surface area contributed by atoms with Crippen LogP contribution in [0, 0.1) is 5.41 Å². The molecular formula is C16H27NO4. The summed E-state index contributed by atoms with van der Waals surface area (Å²) in [5.74, 6) is -0.121. The predicted molar refractivity (Wildman–Crippen MR) is 78.9 cm³/mol. The first-order valence-electron chi connectivity index (χ1n) is 7.76. The number of esters is 1. The van der Waals surface area contributed by atoms with Crippen molar-refractivity contribution < 1.29 is 19.1 Å². The number of hydrogen-bond donors (Lipinski definition) is 1. The Morgan fingerprint density at radius 2 is 1.57 bits per heavy atom. The van der Waals surface area contributed by atoms with Gasteiger partial charge >= 0.3 is 12.1 Å². The fourth-order valence-corrected chi connectivity index (χ4v) is 3.61. The van der Waals surface area contributed by atoms with Crippen molar-refractivity contribution in [3.8, 4) is 0 Å².